The Labute approximate surface area is 107 Å². The minimum absolute atomic E-state index is 0.368. The third kappa shape index (κ3) is 1.20. The Bertz CT molecular complexity index is 707. The van der Waals surface area contributed by atoms with E-state index in [0.717, 1.165) is 6.42 Å². The zero-order valence-electron chi connectivity index (χ0n) is 10.2. The van der Waals surface area contributed by atoms with Crippen LogP contribution in [0.3, 0.4) is 0 Å². The summed E-state index contributed by atoms with van der Waals surface area (Å²) in [6.07, 6.45) is 10.00. The zero-order chi connectivity index (χ0) is 12.1. The third-order valence-corrected chi connectivity index (χ3v) is 4.14. The second kappa shape index (κ2) is 3.56. The lowest BCUT2D eigenvalue weighted by atomic mass is 9.81. The molecule has 2 N–H and O–H groups in total. The fourth-order valence-electron chi connectivity index (χ4n) is 3.25. The van der Waals surface area contributed by atoms with Gasteiger partial charge < -0.3 is 5.73 Å². The quantitative estimate of drug-likeness (QED) is 0.801. The van der Waals surface area contributed by atoms with Gasteiger partial charge in [0, 0.05) is 12.5 Å². The van der Waals surface area contributed by atoms with Gasteiger partial charge in [0.25, 0.3) is 0 Å². The van der Waals surface area contributed by atoms with Crippen LogP contribution in [0, 0.1) is 0 Å². The summed E-state index contributed by atoms with van der Waals surface area (Å²) in [4.78, 5) is 0. The predicted molar refractivity (Wildman–Crippen MR) is 77.5 cm³/mol. The molecular formula is C17H15N. The third-order valence-electron chi connectivity index (χ3n) is 4.14. The highest BCUT2D eigenvalue weighted by atomic mass is 14.5. The van der Waals surface area contributed by atoms with Crippen LogP contribution in [0.4, 0.5) is 0 Å². The molecule has 2 aromatic rings. The molecule has 0 fully saturated rings. The van der Waals surface area contributed by atoms with Gasteiger partial charge in [0.15, 0.2) is 0 Å². The molecule has 0 bridgehead atoms. The van der Waals surface area contributed by atoms with Gasteiger partial charge in [-0.05, 0) is 39.4 Å². The number of hydrogen-bond acceptors (Lipinski definition) is 1. The summed E-state index contributed by atoms with van der Waals surface area (Å²) >= 11 is 0. The standard InChI is InChI=1S/C17H15N/c18-10-14-7-6-13-5-4-11-2-1-3-12-8-9-15(14)17(13)16(11)12/h1-2,4-9,14H,3,10,18H2. The number of benzene rings is 2. The Morgan fingerprint density at radius 3 is 2.67 bits per heavy atom. The van der Waals surface area contributed by atoms with Gasteiger partial charge in [-0.2, -0.15) is 0 Å². The van der Waals surface area contributed by atoms with E-state index in [9.17, 15) is 0 Å². The first kappa shape index (κ1) is 10.1. The van der Waals surface area contributed by atoms with Crippen molar-refractivity contribution in [1.29, 1.82) is 0 Å². The Balaban J connectivity index is 2.18. The van der Waals surface area contributed by atoms with Crippen molar-refractivity contribution in [1.82, 2.24) is 0 Å². The van der Waals surface area contributed by atoms with Crippen LogP contribution in [0.15, 0.2) is 36.4 Å². The van der Waals surface area contributed by atoms with Crippen LogP contribution in [-0.2, 0) is 6.42 Å². The lowest BCUT2D eigenvalue weighted by molar-refractivity contribution is 0.856. The molecule has 0 radical (unpaired) electrons. The maximum Gasteiger partial charge on any atom is 0.0151 e. The van der Waals surface area contributed by atoms with Gasteiger partial charge in [-0.15, -0.1) is 0 Å². The first-order valence-corrected chi connectivity index (χ1v) is 6.52. The zero-order valence-corrected chi connectivity index (χ0v) is 10.2. The predicted octanol–water partition coefficient (Wildman–Crippen LogP) is 3.48. The van der Waals surface area contributed by atoms with Crippen LogP contribution >= 0.6 is 0 Å². The molecule has 2 aliphatic rings. The number of allylic oxidation sites excluding steroid dienone is 1. The molecule has 2 aromatic carbocycles. The molecular weight excluding hydrogens is 218 g/mol. The Kier molecular flexibility index (Phi) is 2.00. The summed E-state index contributed by atoms with van der Waals surface area (Å²) in [7, 11) is 0. The van der Waals surface area contributed by atoms with E-state index in [1.807, 2.05) is 0 Å². The van der Waals surface area contributed by atoms with Crippen molar-refractivity contribution < 1.29 is 0 Å². The summed E-state index contributed by atoms with van der Waals surface area (Å²) < 4.78 is 0. The summed E-state index contributed by atoms with van der Waals surface area (Å²) in [5.74, 6) is 0.368. The molecule has 18 heavy (non-hydrogen) atoms. The van der Waals surface area contributed by atoms with E-state index in [0.29, 0.717) is 12.5 Å². The van der Waals surface area contributed by atoms with E-state index in [1.54, 1.807) is 0 Å². The highest BCUT2D eigenvalue weighted by molar-refractivity contribution is 6.03. The molecule has 0 heterocycles. The molecule has 2 aliphatic carbocycles. The van der Waals surface area contributed by atoms with Gasteiger partial charge >= 0.3 is 0 Å². The average Bonchev–Trinajstić information content (AvgIpc) is 2.44. The van der Waals surface area contributed by atoms with Crippen molar-refractivity contribution >= 4 is 22.9 Å². The largest absolute Gasteiger partial charge is 0.330 e. The van der Waals surface area contributed by atoms with Crippen molar-refractivity contribution in [3.8, 4) is 0 Å². The van der Waals surface area contributed by atoms with E-state index < -0.39 is 0 Å². The minimum Gasteiger partial charge on any atom is -0.330 e. The molecule has 0 amide bonds. The molecule has 1 heteroatoms. The van der Waals surface area contributed by atoms with Crippen LogP contribution in [0.5, 0.6) is 0 Å². The molecule has 4 rings (SSSR count). The molecule has 1 unspecified atom stereocenters. The lowest BCUT2D eigenvalue weighted by Gasteiger charge is -2.24. The second-order valence-corrected chi connectivity index (χ2v) is 5.12. The van der Waals surface area contributed by atoms with E-state index >= 15 is 0 Å². The Morgan fingerprint density at radius 1 is 1.00 bits per heavy atom. The topological polar surface area (TPSA) is 26.0 Å². The molecule has 1 atom stereocenters. The van der Waals surface area contributed by atoms with E-state index in [2.05, 4.69) is 48.6 Å². The number of rotatable bonds is 1. The van der Waals surface area contributed by atoms with Gasteiger partial charge in [0.1, 0.15) is 0 Å². The van der Waals surface area contributed by atoms with Crippen LogP contribution < -0.4 is 5.73 Å². The first-order valence-electron chi connectivity index (χ1n) is 6.52. The van der Waals surface area contributed by atoms with Crippen LogP contribution in [0.25, 0.3) is 22.9 Å². The van der Waals surface area contributed by atoms with Crippen molar-refractivity contribution in [3.63, 3.8) is 0 Å². The summed E-state index contributed by atoms with van der Waals surface area (Å²) in [6.45, 7) is 0.685. The van der Waals surface area contributed by atoms with E-state index in [-0.39, 0.29) is 0 Å². The molecule has 0 spiro atoms. The Morgan fingerprint density at radius 2 is 1.83 bits per heavy atom. The average molecular weight is 233 g/mol. The molecule has 88 valence electrons. The number of nitrogens with two attached hydrogens (primary N) is 1. The fraction of sp³-hybridized carbons (Fsp3) is 0.176. The molecule has 0 aliphatic heterocycles. The normalized spacial score (nSPS) is 19.5. The Hall–Kier alpha value is -1.86. The van der Waals surface area contributed by atoms with Crippen molar-refractivity contribution in [2.45, 2.75) is 12.3 Å². The molecule has 1 nitrogen and oxygen atoms in total. The lowest BCUT2D eigenvalue weighted by Crippen LogP contribution is -2.13. The molecule has 0 saturated carbocycles. The fourth-order valence-corrected chi connectivity index (χ4v) is 3.25. The van der Waals surface area contributed by atoms with Gasteiger partial charge in [0.05, 0.1) is 0 Å². The first-order chi connectivity index (χ1) is 8.88. The van der Waals surface area contributed by atoms with Crippen molar-refractivity contribution in [2.24, 2.45) is 5.73 Å². The summed E-state index contributed by atoms with van der Waals surface area (Å²) in [5, 5.41) is 2.86. The van der Waals surface area contributed by atoms with E-state index in [4.69, 9.17) is 5.73 Å². The molecule has 0 aromatic heterocycles. The molecule has 0 saturated heterocycles. The van der Waals surface area contributed by atoms with Gasteiger partial charge in [-0.1, -0.05) is 48.6 Å². The van der Waals surface area contributed by atoms with Crippen molar-refractivity contribution in [3.05, 3.63) is 58.7 Å². The SMILES string of the molecule is NCC1C=Cc2ccc3c4c(ccc1c24)CC=C3. The van der Waals surface area contributed by atoms with Gasteiger partial charge in [-0.25, -0.2) is 0 Å². The van der Waals surface area contributed by atoms with Gasteiger partial charge in [-0.3, -0.25) is 0 Å². The van der Waals surface area contributed by atoms with Crippen LogP contribution in [0.1, 0.15) is 28.2 Å². The maximum absolute atomic E-state index is 5.89. The monoisotopic (exact) mass is 233 g/mol. The maximum atomic E-state index is 5.89. The minimum atomic E-state index is 0.368. The summed E-state index contributed by atoms with van der Waals surface area (Å²) in [6, 6.07) is 9.00. The smallest absolute Gasteiger partial charge is 0.0151 e. The number of hydrogen-bond donors (Lipinski definition) is 1. The van der Waals surface area contributed by atoms with Crippen molar-refractivity contribution in [2.75, 3.05) is 6.54 Å². The highest BCUT2D eigenvalue weighted by Gasteiger charge is 2.20. The van der Waals surface area contributed by atoms with Crippen LogP contribution in [0.2, 0.25) is 0 Å². The van der Waals surface area contributed by atoms with Crippen LogP contribution in [-0.4, -0.2) is 6.54 Å². The van der Waals surface area contributed by atoms with E-state index in [1.165, 1.54) is 33.0 Å². The highest BCUT2D eigenvalue weighted by Crippen LogP contribution is 2.39. The van der Waals surface area contributed by atoms with Gasteiger partial charge in [0.2, 0.25) is 0 Å². The second-order valence-electron chi connectivity index (χ2n) is 5.12. The summed E-state index contributed by atoms with van der Waals surface area (Å²) in [5.41, 5.74) is 11.4.